The SMILES string of the molecule is COC(=O)N[C@H](C(=O)N1CC2(CC2)C[C@H]1c1ncc(-c2ccc3cc(-c4ccc(-c5cnc(C6[C@H]7CCC[C@H](C7)N6C(=O)[C@@H](NC(=O)OC)C(C)C)[nH]5)cc4)ccc3c2)[nH]1)C(C)C. The van der Waals surface area contributed by atoms with Gasteiger partial charge in [-0.3, -0.25) is 9.59 Å². The molecule has 2 aromatic heterocycles. The lowest BCUT2D eigenvalue weighted by molar-refractivity contribution is -0.138. The number of alkyl carbamates (subject to hydrolysis) is 2. The summed E-state index contributed by atoms with van der Waals surface area (Å²) in [5, 5.41) is 7.75. The second kappa shape index (κ2) is 16.8. The average Bonchev–Trinajstić information content (AvgIpc) is 3.68. The van der Waals surface area contributed by atoms with Crippen molar-refractivity contribution in [3.63, 3.8) is 0 Å². The normalized spacial score (nSPS) is 22.1. The Labute approximate surface area is 367 Å². The molecule has 4 heterocycles. The number of fused-ring (bicyclic) bond motifs is 3. The van der Waals surface area contributed by atoms with Gasteiger partial charge in [-0.2, -0.15) is 0 Å². The van der Waals surface area contributed by atoms with Gasteiger partial charge >= 0.3 is 12.2 Å². The number of likely N-dealkylation sites (tertiary alicyclic amines) is 2. The fourth-order valence-corrected chi connectivity index (χ4v) is 10.4. The largest absolute Gasteiger partial charge is 0.453 e. The molecule has 2 aliphatic heterocycles. The van der Waals surface area contributed by atoms with Crippen molar-refractivity contribution in [2.24, 2.45) is 23.2 Å². The maximum absolute atomic E-state index is 14.1. The van der Waals surface area contributed by atoms with Gasteiger partial charge in [0.1, 0.15) is 23.7 Å². The molecule has 2 saturated heterocycles. The van der Waals surface area contributed by atoms with E-state index in [1.54, 1.807) is 0 Å². The van der Waals surface area contributed by atoms with E-state index in [-0.39, 0.29) is 47.2 Å². The van der Waals surface area contributed by atoms with Gasteiger partial charge in [0.05, 0.1) is 50.1 Å². The highest BCUT2D eigenvalue weighted by Gasteiger charge is 2.55. The lowest BCUT2D eigenvalue weighted by atomic mass is 9.87. The van der Waals surface area contributed by atoms with E-state index in [2.05, 4.69) is 81.3 Å². The van der Waals surface area contributed by atoms with Crippen LogP contribution in [0.2, 0.25) is 0 Å². The number of aromatic nitrogens is 4. The molecule has 0 radical (unpaired) electrons. The highest BCUT2D eigenvalue weighted by Crippen LogP contribution is 2.58. The number of amides is 4. The van der Waals surface area contributed by atoms with E-state index in [0.29, 0.717) is 12.5 Å². The zero-order valence-electron chi connectivity index (χ0n) is 36.9. The number of rotatable bonds is 11. The molecule has 63 heavy (non-hydrogen) atoms. The van der Waals surface area contributed by atoms with Crippen molar-refractivity contribution in [2.45, 2.75) is 103 Å². The molecule has 2 bridgehead atoms. The minimum atomic E-state index is -0.688. The third-order valence-corrected chi connectivity index (χ3v) is 14.1. The summed E-state index contributed by atoms with van der Waals surface area (Å²) in [4.78, 5) is 73.1. The monoisotopic (exact) mass is 854 g/mol. The molecule has 4 amide bonds. The zero-order valence-corrected chi connectivity index (χ0v) is 36.9. The zero-order chi connectivity index (χ0) is 44.2. The third kappa shape index (κ3) is 8.15. The Hall–Kier alpha value is -6.18. The first-order valence-corrected chi connectivity index (χ1v) is 22.4. The molecule has 9 rings (SSSR count). The van der Waals surface area contributed by atoms with Crippen LogP contribution in [0.4, 0.5) is 9.59 Å². The van der Waals surface area contributed by atoms with E-state index in [9.17, 15) is 19.2 Å². The number of methoxy groups -OCH3 is 2. The number of nitrogens with zero attached hydrogens (tertiary/aromatic N) is 4. The molecule has 1 unspecified atom stereocenters. The van der Waals surface area contributed by atoms with Crippen molar-refractivity contribution < 1.29 is 28.7 Å². The predicted molar refractivity (Wildman–Crippen MR) is 239 cm³/mol. The predicted octanol–water partition coefficient (Wildman–Crippen LogP) is 8.54. The summed E-state index contributed by atoms with van der Waals surface area (Å²) in [5.74, 6) is 1.45. The molecule has 1 spiro atoms. The first-order chi connectivity index (χ1) is 30.3. The Balaban J connectivity index is 0.899. The minimum Gasteiger partial charge on any atom is -0.453 e. The molecule has 5 aromatic rings. The first kappa shape index (κ1) is 42.1. The molecule has 3 aromatic carbocycles. The van der Waals surface area contributed by atoms with Crippen molar-refractivity contribution >= 4 is 34.8 Å². The van der Waals surface area contributed by atoms with Gasteiger partial charge in [0.15, 0.2) is 0 Å². The summed E-state index contributed by atoms with van der Waals surface area (Å²) in [6.45, 7) is 8.39. The van der Waals surface area contributed by atoms with Crippen LogP contribution in [0.5, 0.6) is 0 Å². The fraction of sp³-hybridized carbons (Fsp3) is 0.469. The Morgan fingerprint density at radius 1 is 0.714 bits per heavy atom. The maximum Gasteiger partial charge on any atom is 0.407 e. The Kier molecular flexibility index (Phi) is 11.3. The third-order valence-electron chi connectivity index (χ3n) is 14.1. The van der Waals surface area contributed by atoms with Gasteiger partial charge < -0.3 is 39.9 Å². The molecule has 14 nitrogen and oxygen atoms in total. The van der Waals surface area contributed by atoms with E-state index < -0.39 is 24.3 Å². The number of carbonyl (C=O) groups excluding carboxylic acids is 4. The summed E-state index contributed by atoms with van der Waals surface area (Å²) < 4.78 is 9.68. The van der Waals surface area contributed by atoms with E-state index in [4.69, 9.17) is 19.4 Å². The van der Waals surface area contributed by atoms with Crippen LogP contribution in [0.1, 0.15) is 96.4 Å². The summed E-state index contributed by atoms with van der Waals surface area (Å²) in [6, 6.07) is 19.7. The Morgan fingerprint density at radius 2 is 1.27 bits per heavy atom. The topological polar surface area (TPSA) is 175 Å². The average molecular weight is 855 g/mol. The number of H-pyrrole nitrogens is 2. The number of hydrogen-bond acceptors (Lipinski definition) is 8. The van der Waals surface area contributed by atoms with Gasteiger partial charge in [-0.05, 0) is 101 Å². The molecule has 330 valence electrons. The number of hydrogen-bond donors (Lipinski definition) is 4. The van der Waals surface area contributed by atoms with E-state index >= 15 is 0 Å². The molecule has 14 heteroatoms. The van der Waals surface area contributed by atoms with Gasteiger partial charge in [0.2, 0.25) is 11.8 Å². The molecule has 4 fully saturated rings. The number of ether oxygens (including phenoxy) is 2. The van der Waals surface area contributed by atoms with Crippen LogP contribution >= 0.6 is 0 Å². The van der Waals surface area contributed by atoms with E-state index in [1.165, 1.54) is 14.2 Å². The second-order valence-electron chi connectivity index (χ2n) is 18.9. The minimum absolute atomic E-state index is 0.0840. The Bertz CT molecular complexity index is 2520. The first-order valence-electron chi connectivity index (χ1n) is 22.4. The van der Waals surface area contributed by atoms with Crippen molar-refractivity contribution in [1.29, 1.82) is 0 Å². The second-order valence-corrected chi connectivity index (χ2v) is 18.9. The highest BCUT2D eigenvalue weighted by atomic mass is 16.5. The molecule has 2 aliphatic carbocycles. The lowest BCUT2D eigenvalue weighted by Crippen LogP contribution is -2.53. The van der Waals surface area contributed by atoms with Gasteiger partial charge in [-0.25, -0.2) is 19.6 Å². The van der Waals surface area contributed by atoms with Crippen molar-refractivity contribution in [1.82, 2.24) is 40.4 Å². The molecular weight excluding hydrogens is 797 g/mol. The molecule has 4 aliphatic rings. The van der Waals surface area contributed by atoms with Crippen molar-refractivity contribution in [3.05, 3.63) is 84.7 Å². The van der Waals surface area contributed by atoms with Crippen LogP contribution in [-0.2, 0) is 19.1 Å². The molecular formula is C49H58N8O6. The number of carbonyl (C=O) groups is 4. The summed E-state index contributed by atoms with van der Waals surface area (Å²) in [6.07, 6.45) is 9.49. The van der Waals surface area contributed by atoms with Gasteiger partial charge in [-0.15, -0.1) is 0 Å². The summed E-state index contributed by atoms with van der Waals surface area (Å²) >= 11 is 0. The lowest BCUT2D eigenvalue weighted by Gasteiger charge is -2.33. The Morgan fingerprint density at radius 3 is 1.90 bits per heavy atom. The van der Waals surface area contributed by atoms with Crippen LogP contribution in [0.15, 0.2) is 73.1 Å². The van der Waals surface area contributed by atoms with Gasteiger partial charge in [0.25, 0.3) is 0 Å². The molecule has 2 saturated carbocycles. The summed E-state index contributed by atoms with van der Waals surface area (Å²) in [5.41, 5.74) is 6.10. The van der Waals surface area contributed by atoms with Crippen LogP contribution in [0.25, 0.3) is 44.4 Å². The standard InChI is InChI=1S/C49H58N8O6/c1-27(2)40(54-47(60)62-5)45(58)56-26-49(18-19-49)23-39(56)43-50-25-38(52-43)34-17-16-32-20-31(14-15-33(32)21-34)29-10-12-30(13-11-29)37-24-51-44(53-37)42-35-8-7-9-36(22-35)57(42)46(59)41(28(3)4)55-48(61)63-6/h10-17,20-21,24-25,27-28,35-36,39-42H,7-9,18-19,22-23,26H2,1-6H3,(H,50,52)(H,51,53)(H,54,60)(H,55,61)/t35-,36+,39-,40-,41-,42?/m0/s1. The quantitative estimate of drug-likeness (QED) is 0.102. The number of benzene rings is 3. The molecule has 6 atom stereocenters. The van der Waals surface area contributed by atoms with Gasteiger partial charge in [-0.1, -0.05) is 82.6 Å². The van der Waals surface area contributed by atoms with E-state index in [1.807, 2.05) is 49.9 Å². The number of imidazole rings is 2. The van der Waals surface area contributed by atoms with E-state index in [0.717, 1.165) is 101 Å². The smallest absolute Gasteiger partial charge is 0.407 e. The van der Waals surface area contributed by atoms with Crippen molar-refractivity contribution in [3.8, 4) is 33.6 Å². The fourth-order valence-electron chi connectivity index (χ4n) is 10.4. The number of nitrogens with one attached hydrogen (secondary N) is 4. The van der Waals surface area contributed by atoms with Crippen molar-refractivity contribution in [2.75, 3.05) is 20.8 Å². The van der Waals surface area contributed by atoms with Crippen LogP contribution in [0, 0.1) is 23.2 Å². The molecule has 4 N–H and O–H groups in total. The van der Waals surface area contributed by atoms with Crippen LogP contribution in [-0.4, -0.2) is 92.6 Å². The highest BCUT2D eigenvalue weighted by molar-refractivity contribution is 5.91. The maximum atomic E-state index is 14.1. The number of aromatic amines is 2. The summed E-state index contributed by atoms with van der Waals surface area (Å²) in [7, 11) is 2.62. The van der Waals surface area contributed by atoms with Gasteiger partial charge in [0, 0.05) is 18.2 Å². The van der Waals surface area contributed by atoms with Crippen LogP contribution < -0.4 is 10.6 Å². The van der Waals surface area contributed by atoms with Crippen LogP contribution in [0.3, 0.4) is 0 Å².